The van der Waals surface area contributed by atoms with Crippen molar-refractivity contribution in [1.82, 2.24) is 19.9 Å². The van der Waals surface area contributed by atoms with Crippen LogP contribution in [0.25, 0.3) is 59.3 Å². The van der Waals surface area contributed by atoms with Crippen LogP contribution in [-0.2, 0) is 0 Å². The average molecular weight is 624 g/mol. The maximum Gasteiger partial charge on any atom is 0.187 e. The molecule has 2 heterocycles. The van der Waals surface area contributed by atoms with Crippen molar-refractivity contribution in [1.29, 1.82) is 0 Å². The maximum atomic E-state index is 7.34. The van der Waals surface area contributed by atoms with Gasteiger partial charge in [0.2, 0.25) is 0 Å². The van der Waals surface area contributed by atoms with Crippen molar-refractivity contribution in [3.05, 3.63) is 175 Å². The molecular formula is C41H29N5S. The van der Waals surface area contributed by atoms with E-state index in [-0.39, 0.29) is 5.92 Å². The summed E-state index contributed by atoms with van der Waals surface area (Å²) in [5.74, 6) is 1.94. The molecule has 0 saturated heterocycles. The average Bonchev–Trinajstić information content (AvgIpc) is 3.59. The van der Waals surface area contributed by atoms with Gasteiger partial charge in [0.15, 0.2) is 17.3 Å². The zero-order chi connectivity index (χ0) is 32.2. The van der Waals surface area contributed by atoms with Crippen LogP contribution in [0.1, 0.15) is 29.6 Å². The van der Waals surface area contributed by atoms with E-state index in [0.717, 1.165) is 60.9 Å². The molecule has 6 heteroatoms. The van der Waals surface area contributed by atoms with Crippen molar-refractivity contribution in [3.63, 3.8) is 0 Å². The first-order valence-corrected chi connectivity index (χ1v) is 16.1. The fourth-order valence-corrected chi connectivity index (χ4v) is 6.47. The van der Waals surface area contributed by atoms with Crippen LogP contribution in [0.3, 0.4) is 0 Å². The normalized spacial score (nSPS) is 14.0. The second-order valence-corrected chi connectivity index (χ2v) is 12.2. The summed E-state index contributed by atoms with van der Waals surface area (Å²) in [5, 5.41) is 0.946. The van der Waals surface area contributed by atoms with Crippen molar-refractivity contribution in [2.45, 2.75) is 12.3 Å². The maximum absolute atomic E-state index is 7.34. The second-order valence-electron chi connectivity index (χ2n) is 11.2. The van der Waals surface area contributed by atoms with Crippen LogP contribution in [0.5, 0.6) is 0 Å². The van der Waals surface area contributed by atoms with E-state index >= 15 is 0 Å². The number of rotatable bonds is 8. The third-order valence-electron chi connectivity index (χ3n) is 7.96. The molecule has 2 aromatic heterocycles. The molecular weight excluding hydrogens is 595 g/mol. The van der Waals surface area contributed by atoms with Gasteiger partial charge in [-0.3, -0.25) is 0 Å². The van der Waals surface area contributed by atoms with Crippen molar-refractivity contribution < 1.29 is 0 Å². The minimum absolute atomic E-state index is 0.0688. The molecule has 0 fully saturated rings. The monoisotopic (exact) mass is 623 g/mol. The molecule has 1 unspecified atom stereocenters. The lowest BCUT2D eigenvalue weighted by molar-refractivity contribution is 0.757. The molecule has 0 bridgehead atoms. The molecule has 0 spiro atoms. The summed E-state index contributed by atoms with van der Waals surface area (Å²) in [6, 6.07) is 32.1. The molecule has 4 aromatic carbocycles. The minimum Gasteiger partial charge on any atom is -0.238 e. The van der Waals surface area contributed by atoms with Crippen LogP contribution >= 0.6 is 11.3 Å². The molecule has 1 atom stereocenters. The van der Waals surface area contributed by atoms with Crippen molar-refractivity contribution in [2.75, 3.05) is 0 Å². The Hall–Kier alpha value is -6.03. The summed E-state index contributed by atoms with van der Waals surface area (Å²) in [7, 11) is 0. The molecule has 1 aliphatic carbocycles. The van der Waals surface area contributed by atoms with Crippen molar-refractivity contribution >= 4 is 38.4 Å². The number of benzene rings is 4. The lowest BCUT2D eigenvalue weighted by Gasteiger charge is -2.14. The molecule has 1 aliphatic rings. The smallest absolute Gasteiger partial charge is 0.187 e. The van der Waals surface area contributed by atoms with E-state index in [1.165, 1.54) is 0 Å². The topological polar surface area (TPSA) is 55.9 Å². The lowest BCUT2D eigenvalue weighted by atomic mass is 9.98. The Kier molecular flexibility index (Phi) is 8.29. The standard InChI is InChI=1S/C41H29N5S/c1-27(19-20-28(2)38-44-39(30-13-7-4-8-14-30)46-40(45-38)31-15-9-5-10-16-31)35-25-33(29-21-23-34(42-3)24-22-29)26-36-37(35)43-41(47-36)32-17-11-6-12-18-32/h4-15,17-26,31H,1-2,16H2/b20-19-. The molecule has 0 N–H and O–H groups in total. The number of fused-ring (bicyclic) bond motifs is 1. The fraction of sp³-hybridized carbons (Fsp3) is 0.0488. The van der Waals surface area contributed by atoms with Gasteiger partial charge in [0.05, 0.1) is 16.8 Å². The van der Waals surface area contributed by atoms with E-state index in [0.29, 0.717) is 22.9 Å². The minimum atomic E-state index is 0.0688. The summed E-state index contributed by atoms with van der Waals surface area (Å²) < 4.78 is 1.06. The number of aromatic nitrogens is 4. The molecule has 0 aliphatic heterocycles. The summed E-state index contributed by atoms with van der Waals surface area (Å²) in [5.41, 5.74) is 7.93. The first-order valence-electron chi connectivity index (χ1n) is 15.2. The van der Waals surface area contributed by atoms with Crippen LogP contribution < -0.4 is 0 Å². The molecule has 224 valence electrons. The number of thiazole rings is 1. The first-order chi connectivity index (χ1) is 23.1. The number of allylic oxidation sites excluding steroid dienone is 8. The van der Waals surface area contributed by atoms with Gasteiger partial charge in [-0.1, -0.05) is 135 Å². The van der Waals surface area contributed by atoms with E-state index in [1.54, 1.807) is 11.3 Å². The molecule has 6 aromatic rings. The Bertz CT molecular complexity index is 2250. The Morgan fingerprint density at radius 3 is 2.17 bits per heavy atom. The van der Waals surface area contributed by atoms with Crippen LogP contribution in [0.15, 0.2) is 147 Å². The quantitative estimate of drug-likeness (QED) is 0.125. The third-order valence-corrected chi connectivity index (χ3v) is 9.01. The highest BCUT2D eigenvalue weighted by Gasteiger charge is 2.18. The molecule has 5 nitrogen and oxygen atoms in total. The van der Waals surface area contributed by atoms with Gasteiger partial charge in [-0.25, -0.2) is 24.8 Å². The highest BCUT2D eigenvalue weighted by atomic mass is 32.1. The summed E-state index contributed by atoms with van der Waals surface area (Å²) in [6.45, 7) is 16.2. The van der Waals surface area contributed by atoms with Gasteiger partial charge in [-0.05, 0) is 35.3 Å². The van der Waals surface area contributed by atoms with Crippen molar-refractivity contribution in [2.24, 2.45) is 0 Å². The SMILES string of the molecule is [C-]#[N+]c1ccc(-c2cc(C(=C)/C=C\C(=C)c3nc(-c4ccccc4)nc(C4C=CC=CC4)n3)c3nc(-c4ccccc4)sc3c2)cc1. The Morgan fingerprint density at radius 1 is 0.745 bits per heavy atom. The molecule has 0 amide bonds. The van der Waals surface area contributed by atoms with E-state index in [9.17, 15) is 0 Å². The van der Waals surface area contributed by atoms with Crippen LogP contribution in [-0.4, -0.2) is 19.9 Å². The van der Waals surface area contributed by atoms with Crippen LogP contribution in [0.4, 0.5) is 5.69 Å². The fourth-order valence-electron chi connectivity index (χ4n) is 5.43. The van der Waals surface area contributed by atoms with Crippen molar-refractivity contribution in [3.8, 4) is 33.1 Å². The van der Waals surface area contributed by atoms with E-state index < -0.39 is 0 Å². The van der Waals surface area contributed by atoms with Gasteiger partial charge in [0.1, 0.15) is 10.8 Å². The predicted molar refractivity (Wildman–Crippen MR) is 195 cm³/mol. The van der Waals surface area contributed by atoms with Gasteiger partial charge in [-0.2, -0.15) is 0 Å². The Labute approximate surface area is 278 Å². The van der Waals surface area contributed by atoms with Gasteiger partial charge in [0, 0.05) is 28.2 Å². The predicted octanol–water partition coefficient (Wildman–Crippen LogP) is 10.9. The molecule has 47 heavy (non-hydrogen) atoms. The first kappa shape index (κ1) is 29.7. The number of nitrogens with zero attached hydrogens (tertiary/aromatic N) is 5. The largest absolute Gasteiger partial charge is 0.238 e. The zero-order valence-corrected chi connectivity index (χ0v) is 26.4. The number of hydrogen-bond acceptors (Lipinski definition) is 5. The van der Waals surface area contributed by atoms with Gasteiger partial charge in [0.25, 0.3) is 0 Å². The molecule has 7 rings (SSSR count). The van der Waals surface area contributed by atoms with Crippen LogP contribution in [0, 0.1) is 6.57 Å². The zero-order valence-electron chi connectivity index (χ0n) is 25.5. The van der Waals surface area contributed by atoms with E-state index in [2.05, 4.69) is 54.4 Å². The van der Waals surface area contributed by atoms with Gasteiger partial charge < -0.3 is 0 Å². The Morgan fingerprint density at radius 2 is 1.47 bits per heavy atom. The second kappa shape index (κ2) is 13.1. The number of hydrogen-bond donors (Lipinski definition) is 0. The van der Waals surface area contributed by atoms with Gasteiger partial charge >= 0.3 is 0 Å². The van der Waals surface area contributed by atoms with Crippen LogP contribution in [0.2, 0.25) is 0 Å². The highest BCUT2D eigenvalue weighted by molar-refractivity contribution is 7.21. The summed E-state index contributed by atoms with van der Waals surface area (Å²) >= 11 is 1.65. The van der Waals surface area contributed by atoms with E-state index in [1.807, 2.05) is 97.1 Å². The molecule has 0 radical (unpaired) electrons. The summed E-state index contributed by atoms with van der Waals surface area (Å²) in [6.07, 6.45) is 13.0. The van der Waals surface area contributed by atoms with E-state index in [4.69, 9.17) is 26.5 Å². The highest BCUT2D eigenvalue weighted by Crippen LogP contribution is 2.38. The molecule has 0 saturated carbocycles. The van der Waals surface area contributed by atoms with Gasteiger partial charge in [-0.15, -0.1) is 11.3 Å². The Balaban J connectivity index is 1.26. The summed E-state index contributed by atoms with van der Waals surface area (Å²) in [4.78, 5) is 23.2. The lowest BCUT2D eigenvalue weighted by Crippen LogP contribution is -2.09. The third kappa shape index (κ3) is 6.39.